The molecule has 0 N–H and O–H groups in total. The summed E-state index contributed by atoms with van der Waals surface area (Å²) < 4.78 is 4.88. The Morgan fingerprint density at radius 3 is 2.58 bits per heavy atom. The Balaban J connectivity index is 2.39. The smallest absolute Gasteiger partial charge is 0.363 e. The van der Waals surface area contributed by atoms with Crippen LogP contribution in [0.3, 0.4) is 0 Å². The van der Waals surface area contributed by atoms with Crippen LogP contribution in [0.1, 0.15) is 0 Å². The first-order valence-corrected chi connectivity index (χ1v) is 6.28. The predicted octanol–water partition coefficient (Wildman–Crippen LogP) is 3.20. The van der Waals surface area contributed by atoms with Gasteiger partial charge in [-0.15, -0.1) is 0 Å². The minimum Gasteiger partial charge on any atom is -0.476 e. The topological polar surface area (TPSA) is 78.2 Å². The van der Waals surface area contributed by atoms with Gasteiger partial charge in [0.2, 0.25) is 0 Å². The molecule has 2 rings (SSSR count). The quantitative estimate of drug-likeness (QED) is 0.490. The maximum atomic E-state index is 11.1. The Hall–Kier alpha value is -1.86. The van der Waals surface area contributed by atoms with Crippen molar-refractivity contribution in [3.05, 3.63) is 45.7 Å². The van der Waals surface area contributed by atoms with Crippen LogP contribution in [0.25, 0.3) is 0 Å². The molecule has 0 aliphatic rings. The van der Waals surface area contributed by atoms with E-state index in [1.54, 1.807) is 24.3 Å². The average molecular weight is 298 g/mol. The van der Waals surface area contributed by atoms with Gasteiger partial charge in [0, 0.05) is 9.92 Å². The second kappa shape index (κ2) is 5.85. The van der Waals surface area contributed by atoms with Crippen molar-refractivity contribution in [1.29, 1.82) is 0 Å². The molecule has 0 fully saturated rings. The van der Waals surface area contributed by atoms with Gasteiger partial charge < -0.3 is 4.74 Å². The van der Waals surface area contributed by atoms with E-state index in [9.17, 15) is 10.1 Å². The lowest BCUT2D eigenvalue weighted by molar-refractivity contribution is -0.389. The first-order chi connectivity index (χ1) is 9.11. The van der Waals surface area contributed by atoms with Crippen molar-refractivity contribution in [3.63, 3.8) is 0 Å². The van der Waals surface area contributed by atoms with Crippen LogP contribution in [-0.4, -0.2) is 22.0 Å². The fraction of sp³-hybridized carbons (Fsp3) is 0.0909. The van der Waals surface area contributed by atoms with Crippen LogP contribution in [0.5, 0.6) is 5.88 Å². The Morgan fingerprint density at radius 1 is 1.32 bits per heavy atom. The minimum absolute atomic E-state index is 0.0588. The van der Waals surface area contributed by atoms with E-state index in [0.717, 1.165) is 16.7 Å². The lowest BCUT2D eigenvalue weighted by Crippen LogP contribution is -1.99. The molecule has 0 unspecified atom stereocenters. The Bertz CT molecular complexity index is 607. The number of ether oxygens (including phenoxy) is 1. The highest BCUT2D eigenvalue weighted by molar-refractivity contribution is 7.99. The molecule has 0 saturated carbocycles. The van der Waals surface area contributed by atoms with Gasteiger partial charge in [-0.2, -0.15) is 4.98 Å². The zero-order valence-corrected chi connectivity index (χ0v) is 11.3. The summed E-state index contributed by atoms with van der Waals surface area (Å²) >= 11 is 6.93. The molecule has 0 saturated heterocycles. The highest BCUT2D eigenvalue weighted by atomic mass is 35.5. The molecular weight excluding hydrogens is 290 g/mol. The van der Waals surface area contributed by atoms with Crippen LogP contribution >= 0.6 is 23.4 Å². The minimum atomic E-state index is -0.558. The highest BCUT2D eigenvalue weighted by Crippen LogP contribution is 2.37. The normalized spacial score (nSPS) is 10.2. The third-order valence-corrected chi connectivity index (χ3v) is 3.41. The molecule has 6 nitrogen and oxygen atoms in total. The van der Waals surface area contributed by atoms with Crippen molar-refractivity contribution in [2.75, 3.05) is 7.11 Å². The number of hydrogen-bond donors (Lipinski definition) is 0. The summed E-state index contributed by atoms with van der Waals surface area (Å²) in [5.74, 6) is -0.0588. The number of aromatic nitrogens is 2. The molecule has 0 amide bonds. The van der Waals surface area contributed by atoms with E-state index < -0.39 is 4.92 Å². The first kappa shape index (κ1) is 13.6. The van der Waals surface area contributed by atoms with E-state index in [4.69, 9.17) is 16.3 Å². The molecular formula is C11H8ClN3O3S. The van der Waals surface area contributed by atoms with Gasteiger partial charge in [-0.25, -0.2) is 4.98 Å². The summed E-state index contributed by atoms with van der Waals surface area (Å²) in [6.45, 7) is 0. The summed E-state index contributed by atoms with van der Waals surface area (Å²) in [6.07, 6.45) is 1.23. The van der Waals surface area contributed by atoms with Gasteiger partial charge >= 0.3 is 5.69 Å². The third kappa shape index (κ3) is 3.12. The molecule has 98 valence electrons. The summed E-state index contributed by atoms with van der Waals surface area (Å²) in [5.41, 5.74) is -0.245. The van der Waals surface area contributed by atoms with Crippen molar-refractivity contribution in [2.24, 2.45) is 0 Å². The Labute approximate surface area is 117 Å². The number of hydrogen-bond acceptors (Lipinski definition) is 6. The lowest BCUT2D eigenvalue weighted by atomic mass is 10.4. The van der Waals surface area contributed by atoms with Gasteiger partial charge in [-0.1, -0.05) is 23.4 Å². The SMILES string of the molecule is COc1ncnc(Sc2ccc(Cl)cc2)c1[N+](=O)[O-]. The van der Waals surface area contributed by atoms with Crippen molar-refractivity contribution >= 4 is 29.1 Å². The van der Waals surface area contributed by atoms with E-state index in [2.05, 4.69) is 9.97 Å². The van der Waals surface area contributed by atoms with Gasteiger partial charge in [0.1, 0.15) is 6.33 Å². The van der Waals surface area contributed by atoms with Crippen molar-refractivity contribution in [1.82, 2.24) is 9.97 Å². The largest absolute Gasteiger partial charge is 0.476 e. The lowest BCUT2D eigenvalue weighted by Gasteiger charge is -2.04. The fourth-order valence-corrected chi connectivity index (χ4v) is 2.32. The summed E-state index contributed by atoms with van der Waals surface area (Å²) in [6, 6.07) is 6.92. The molecule has 0 aliphatic carbocycles. The number of nitro groups is 1. The summed E-state index contributed by atoms with van der Waals surface area (Å²) in [7, 11) is 1.33. The molecule has 0 radical (unpaired) electrons. The zero-order chi connectivity index (χ0) is 13.8. The second-order valence-corrected chi connectivity index (χ2v) is 4.85. The van der Waals surface area contributed by atoms with Gasteiger partial charge in [-0.05, 0) is 24.3 Å². The van der Waals surface area contributed by atoms with Crippen molar-refractivity contribution in [3.8, 4) is 5.88 Å². The molecule has 0 atom stereocenters. The maximum absolute atomic E-state index is 11.1. The number of benzene rings is 1. The fourth-order valence-electron chi connectivity index (χ4n) is 1.34. The van der Waals surface area contributed by atoms with Crippen molar-refractivity contribution < 1.29 is 9.66 Å². The van der Waals surface area contributed by atoms with E-state index in [-0.39, 0.29) is 16.6 Å². The highest BCUT2D eigenvalue weighted by Gasteiger charge is 2.24. The van der Waals surface area contributed by atoms with Crippen molar-refractivity contribution in [2.45, 2.75) is 9.92 Å². The van der Waals surface area contributed by atoms with Gasteiger partial charge in [0.25, 0.3) is 5.88 Å². The van der Waals surface area contributed by atoms with Crippen LogP contribution in [0.2, 0.25) is 5.02 Å². The first-order valence-electron chi connectivity index (χ1n) is 5.08. The van der Waals surface area contributed by atoms with Gasteiger partial charge in [-0.3, -0.25) is 10.1 Å². The van der Waals surface area contributed by atoms with E-state index >= 15 is 0 Å². The molecule has 8 heteroatoms. The molecule has 1 aromatic carbocycles. The van der Waals surface area contributed by atoms with Crippen LogP contribution in [0.15, 0.2) is 40.5 Å². The van der Waals surface area contributed by atoms with E-state index in [1.165, 1.54) is 13.4 Å². The summed E-state index contributed by atoms with van der Waals surface area (Å²) in [5, 5.41) is 11.9. The Morgan fingerprint density at radius 2 is 2.00 bits per heavy atom. The number of rotatable bonds is 4. The molecule has 0 aliphatic heterocycles. The molecule has 0 bridgehead atoms. The molecule has 19 heavy (non-hydrogen) atoms. The standard InChI is InChI=1S/C11H8ClN3O3S/c1-18-10-9(15(16)17)11(14-6-13-10)19-8-4-2-7(12)3-5-8/h2-6H,1H3. The van der Waals surface area contributed by atoms with Gasteiger partial charge in [0.15, 0.2) is 5.03 Å². The van der Waals surface area contributed by atoms with Gasteiger partial charge in [0.05, 0.1) is 12.0 Å². The van der Waals surface area contributed by atoms with Crippen LogP contribution in [0, 0.1) is 10.1 Å². The number of nitrogens with zero attached hydrogens (tertiary/aromatic N) is 3. The maximum Gasteiger partial charge on any atom is 0.363 e. The molecule has 2 aromatic rings. The summed E-state index contributed by atoms with van der Waals surface area (Å²) in [4.78, 5) is 18.9. The number of halogens is 1. The Kier molecular flexibility index (Phi) is 4.18. The monoisotopic (exact) mass is 297 g/mol. The molecule has 1 heterocycles. The predicted molar refractivity (Wildman–Crippen MR) is 70.8 cm³/mol. The number of methoxy groups -OCH3 is 1. The zero-order valence-electron chi connectivity index (χ0n) is 9.74. The van der Waals surface area contributed by atoms with Crippen LogP contribution in [0.4, 0.5) is 5.69 Å². The van der Waals surface area contributed by atoms with Crippen LogP contribution < -0.4 is 4.74 Å². The van der Waals surface area contributed by atoms with E-state index in [1.807, 2.05) is 0 Å². The molecule has 1 aromatic heterocycles. The average Bonchev–Trinajstić information content (AvgIpc) is 2.40. The van der Waals surface area contributed by atoms with E-state index in [0.29, 0.717) is 5.02 Å². The van der Waals surface area contributed by atoms with Crippen LogP contribution in [-0.2, 0) is 0 Å². The third-order valence-electron chi connectivity index (χ3n) is 2.16. The molecule has 0 spiro atoms. The second-order valence-electron chi connectivity index (χ2n) is 3.35.